The van der Waals surface area contributed by atoms with Crippen molar-refractivity contribution in [2.75, 3.05) is 0 Å². The minimum atomic E-state index is 1.15. The number of fused-ring (bicyclic) bond motifs is 1. The van der Waals surface area contributed by atoms with Crippen LogP contribution in [0.4, 0.5) is 0 Å². The number of hydrogen-bond acceptors (Lipinski definition) is 1. The van der Waals surface area contributed by atoms with Crippen LogP contribution < -0.4 is 0 Å². The number of aryl methyl sites for hydroxylation is 2. The van der Waals surface area contributed by atoms with Crippen LogP contribution >= 0.6 is 33.9 Å². The standard InChI is InChI=1S/C11H11IS/c1-3-8-6-9-7(2)10(12)4-5-11(9)13-8/h4-6H,3H2,1-2H3. The molecule has 0 aliphatic rings. The van der Waals surface area contributed by atoms with Crippen molar-refractivity contribution in [2.45, 2.75) is 20.3 Å². The summed E-state index contributed by atoms with van der Waals surface area (Å²) in [5.41, 5.74) is 1.43. The van der Waals surface area contributed by atoms with Gasteiger partial charge in [-0.3, -0.25) is 0 Å². The minimum Gasteiger partial charge on any atom is -0.140 e. The third-order valence-corrected chi connectivity index (χ3v) is 4.72. The van der Waals surface area contributed by atoms with E-state index in [1.807, 2.05) is 11.3 Å². The van der Waals surface area contributed by atoms with E-state index in [9.17, 15) is 0 Å². The average Bonchev–Trinajstić information content (AvgIpc) is 2.55. The number of thiophene rings is 1. The first-order chi connectivity index (χ1) is 6.22. The molecule has 0 bridgehead atoms. The zero-order valence-electron chi connectivity index (χ0n) is 7.73. The monoisotopic (exact) mass is 302 g/mol. The Morgan fingerprint density at radius 2 is 2.15 bits per heavy atom. The van der Waals surface area contributed by atoms with Gasteiger partial charge in [0.1, 0.15) is 0 Å². The largest absolute Gasteiger partial charge is 0.140 e. The molecule has 0 fully saturated rings. The molecular formula is C11H11IS. The van der Waals surface area contributed by atoms with Crippen LogP contribution in [0.2, 0.25) is 0 Å². The average molecular weight is 302 g/mol. The highest BCUT2D eigenvalue weighted by Crippen LogP contribution is 2.30. The zero-order valence-corrected chi connectivity index (χ0v) is 10.7. The van der Waals surface area contributed by atoms with E-state index in [1.54, 1.807) is 0 Å². The van der Waals surface area contributed by atoms with E-state index in [4.69, 9.17) is 0 Å². The molecule has 0 aliphatic heterocycles. The number of rotatable bonds is 1. The molecule has 1 heterocycles. The maximum atomic E-state index is 2.40. The number of hydrogen-bond donors (Lipinski definition) is 0. The molecule has 1 aromatic carbocycles. The van der Waals surface area contributed by atoms with Crippen LogP contribution in [0.25, 0.3) is 10.1 Å². The van der Waals surface area contributed by atoms with Crippen molar-refractivity contribution >= 4 is 44.0 Å². The molecule has 0 saturated heterocycles. The van der Waals surface area contributed by atoms with Crippen LogP contribution in [0, 0.1) is 10.5 Å². The molecule has 13 heavy (non-hydrogen) atoms. The SMILES string of the molecule is CCc1cc2c(C)c(I)ccc2s1. The second-order valence-electron chi connectivity index (χ2n) is 3.15. The lowest BCUT2D eigenvalue weighted by molar-refractivity contribution is 1.19. The fourth-order valence-electron chi connectivity index (χ4n) is 1.45. The zero-order chi connectivity index (χ0) is 9.42. The van der Waals surface area contributed by atoms with E-state index < -0.39 is 0 Å². The fraction of sp³-hybridized carbons (Fsp3) is 0.273. The van der Waals surface area contributed by atoms with Crippen molar-refractivity contribution in [3.63, 3.8) is 0 Å². The highest BCUT2D eigenvalue weighted by molar-refractivity contribution is 14.1. The van der Waals surface area contributed by atoms with Gasteiger partial charge in [0, 0.05) is 13.1 Å². The molecule has 0 saturated carbocycles. The van der Waals surface area contributed by atoms with Crippen LogP contribution in [-0.2, 0) is 6.42 Å². The van der Waals surface area contributed by atoms with Crippen LogP contribution in [0.1, 0.15) is 17.4 Å². The Bertz CT molecular complexity index is 443. The van der Waals surface area contributed by atoms with Crippen molar-refractivity contribution in [1.82, 2.24) is 0 Å². The molecule has 0 amide bonds. The normalized spacial score (nSPS) is 11.0. The van der Waals surface area contributed by atoms with Gasteiger partial charge < -0.3 is 0 Å². The van der Waals surface area contributed by atoms with Crippen molar-refractivity contribution in [3.8, 4) is 0 Å². The van der Waals surface area contributed by atoms with E-state index in [0.717, 1.165) is 6.42 Å². The summed E-state index contributed by atoms with van der Waals surface area (Å²) in [6.07, 6.45) is 1.15. The van der Waals surface area contributed by atoms with Crippen molar-refractivity contribution < 1.29 is 0 Å². The summed E-state index contributed by atoms with van der Waals surface area (Å²) in [6, 6.07) is 6.76. The Balaban J connectivity index is 2.76. The topological polar surface area (TPSA) is 0 Å². The third-order valence-electron chi connectivity index (χ3n) is 2.30. The van der Waals surface area contributed by atoms with Gasteiger partial charge in [-0.2, -0.15) is 0 Å². The molecule has 0 radical (unpaired) electrons. The predicted octanol–water partition coefficient (Wildman–Crippen LogP) is 4.38. The first kappa shape index (κ1) is 9.46. The Morgan fingerprint density at radius 3 is 2.85 bits per heavy atom. The van der Waals surface area contributed by atoms with Gasteiger partial charge in [-0.05, 0) is 65.1 Å². The first-order valence-corrected chi connectivity index (χ1v) is 6.29. The highest BCUT2D eigenvalue weighted by Gasteiger charge is 2.04. The van der Waals surface area contributed by atoms with Gasteiger partial charge in [-0.1, -0.05) is 6.92 Å². The minimum absolute atomic E-state index is 1.15. The smallest absolute Gasteiger partial charge is 0.0349 e. The molecule has 2 rings (SSSR count). The molecule has 68 valence electrons. The van der Waals surface area contributed by atoms with Gasteiger partial charge in [0.2, 0.25) is 0 Å². The summed E-state index contributed by atoms with van der Waals surface area (Å²) in [5, 5.41) is 1.44. The summed E-state index contributed by atoms with van der Waals surface area (Å²) in [6.45, 7) is 4.42. The van der Waals surface area contributed by atoms with Crippen LogP contribution in [0.5, 0.6) is 0 Å². The van der Waals surface area contributed by atoms with E-state index in [2.05, 4.69) is 54.6 Å². The first-order valence-electron chi connectivity index (χ1n) is 4.40. The Morgan fingerprint density at radius 1 is 1.38 bits per heavy atom. The summed E-state index contributed by atoms with van der Waals surface area (Å²) in [5.74, 6) is 0. The van der Waals surface area contributed by atoms with Gasteiger partial charge >= 0.3 is 0 Å². The van der Waals surface area contributed by atoms with Crippen molar-refractivity contribution in [2.24, 2.45) is 0 Å². The van der Waals surface area contributed by atoms with Crippen molar-refractivity contribution in [1.29, 1.82) is 0 Å². The van der Waals surface area contributed by atoms with E-state index in [-0.39, 0.29) is 0 Å². The number of benzene rings is 1. The van der Waals surface area contributed by atoms with Gasteiger partial charge in [0.25, 0.3) is 0 Å². The second-order valence-corrected chi connectivity index (χ2v) is 5.48. The van der Waals surface area contributed by atoms with Gasteiger partial charge in [-0.15, -0.1) is 11.3 Å². The van der Waals surface area contributed by atoms with Crippen LogP contribution in [-0.4, -0.2) is 0 Å². The lowest BCUT2D eigenvalue weighted by atomic mass is 10.1. The van der Waals surface area contributed by atoms with E-state index in [1.165, 1.54) is 24.1 Å². The van der Waals surface area contributed by atoms with Gasteiger partial charge in [-0.25, -0.2) is 0 Å². The molecule has 0 N–H and O–H groups in total. The maximum Gasteiger partial charge on any atom is 0.0349 e. The van der Waals surface area contributed by atoms with Gasteiger partial charge in [0.05, 0.1) is 0 Å². The molecule has 0 atom stereocenters. The lowest BCUT2D eigenvalue weighted by Crippen LogP contribution is -1.78. The quantitative estimate of drug-likeness (QED) is 0.686. The van der Waals surface area contributed by atoms with E-state index >= 15 is 0 Å². The molecule has 1 aromatic heterocycles. The lowest BCUT2D eigenvalue weighted by Gasteiger charge is -1.97. The molecule has 0 spiro atoms. The predicted molar refractivity (Wildman–Crippen MR) is 68.7 cm³/mol. The second kappa shape index (κ2) is 3.58. The molecule has 0 aliphatic carbocycles. The highest BCUT2D eigenvalue weighted by atomic mass is 127. The molecule has 0 nitrogen and oxygen atoms in total. The van der Waals surface area contributed by atoms with Crippen LogP contribution in [0.15, 0.2) is 18.2 Å². The fourth-order valence-corrected chi connectivity index (χ4v) is 2.98. The van der Waals surface area contributed by atoms with E-state index in [0.29, 0.717) is 0 Å². The number of halogens is 1. The van der Waals surface area contributed by atoms with Crippen LogP contribution in [0.3, 0.4) is 0 Å². The molecule has 2 aromatic rings. The van der Waals surface area contributed by atoms with Crippen molar-refractivity contribution in [3.05, 3.63) is 32.2 Å². The molecule has 0 unspecified atom stereocenters. The maximum absolute atomic E-state index is 2.40. The summed E-state index contributed by atoms with van der Waals surface area (Å²) >= 11 is 4.32. The summed E-state index contributed by atoms with van der Waals surface area (Å²) < 4.78 is 2.79. The summed E-state index contributed by atoms with van der Waals surface area (Å²) in [4.78, 5) is 1.49. The van der Waals surface area contributed by atoms with Gasteiger partial charge in [0.15, 0.2) is 0 Å². The Kier molecular flexibility index (Phi) is 2.60. The Labute approximate surface area is 96.1 Å². The Hall–Kier alpha value is -0.0900. The molecule has 2 heteroatoms. The molecular weight excluding hydrogens is 291 g/mol. The summed E-state index contributed by atoms with van der Waals surface area (Å²) in [7, 11) is 0. The third kappa shape index (κ3) is 1.62.